The minimum absolute atomic E-state index is 0.0911. The fourth-order valence-electron chi connectivity index (χ4n) is 3.73. The lowest BCUT2D eigenvalue weighted by atomic mass is 10.0. The Morgan fingerprint density at radius 2 is 1.45 bits per heavy atom. The first kappa shape index (κ1) is 49.5. The van der Waals surface area contributed by atoms with Crippen LogP contribution in [-0.4, -0.2) is 62.6 Å². The molecule has 1 aliphatic heterocycles. The summed E-state index contributed by atoms with van der Waals surface area (Å²) < 4.78 is 4.60. The third-order valence-corrected chi connectivity index (χ3v) is 6.58. The summed E-state index contributed by atoms with van der Waals surface area (Å²) >= 11 is 4.00. The van der Waals surface area contributed by atoms with Crippen molar-refractivity contribution in [3.05, 3.63) is 65.2 Å². The van der Waals surface area contributed by atoms with Crippen LogP contribution < -0.4 is 10.2 Å². The van der Waals surface area contributed by atoms with Crippen LogP contribution in [0.2, 0.25) is 0 Å². The topological polar surface area (TPSA) is 160 Å². The van der Waals surface area contributed by atoms with Crippen molar-refractivity contribution in [3.63, 3.8) is 0 Å². The summed E-state index contributed by atoms with van der Waals surface area (Å²) in [4.78, 5) is 62.0. The predicted octanol–water partition coefficient (Wildman–Crippen LogP) is 7.64. The highest BCUT2D eigenvalue weighted by Crippen LogP contribution is 2.27. The van der Waals surface area contributed by atoms with E-state index < -0.39 is 17.2 Å². The molecule has 0 atom stereocenters. The maximum atomic E-state index is 11.1. The van der Waals surface area contributed by atoms with Gasteiger partial charge in [-0.1, -0.05) is 108 Å². The number of nitrogens with one attached hydrogen (secondary N) is 1. The summed E-state index contributed by atoms with van der Waals surface area (Å²) in [5.74, 6) is 0.947. The lowest BCUT2D eigenvalue weighted by molar-refractivity contribution is -0.122. The van der Waals surface area contributed by atoms with Crippen molar-refractivity contribution >= 4 is 59.9 Å². The minimum Gasteiger partial charge on any atom is -0.370 e. The van der Waals surface area contributed by atoms with Gasteiger partial charge in [-0.15, -0.1) is 0 Å². The zero-order valence-corrected chi connectivity index (χ0v) is 31.8. The first-order valence-corrected chi connectivity index (χ1v) is 19.2. The molecule has 3 rings (SSSR count). The van der Waals surface area contributed by atoms with Crippen molar-refractivity contribution < 1.29 is 38.6 Å². The molecule has 47 heavy (non-hydrogen) atoms. The highest BCUT2D eigenvalue weighted by molar-refractivity contribution is 7.80. The molecule has 0 unspecified atom stereocenters. The van der Waals surface area contributed by atoms with Crippen LogP contribution in [0.25, 0.3) is 12.2 Å². The molecule has 0 spiro atoms. The van der Waals surface area contributed by atoms with E-state index in [9.17, 15) is 9.59 Å². The van der Waals surface area contributed by atoms with E-state index in [2.05, 4.69) is 102 Å². The predicted molar refractivity (Wildman–Crippen MR) is 203 cm³/mol. The Hall–Kier alpha value is -1.91. The molecule has 1 heterocycles. The summed E-state index contributed by atoms with van der Waals surface area (Å²) in [6.07, 6.45) is 11.7. The van der Waals surface area contributed by atoms with Crippen LogP contribution in [0, 0.1) is 0 Å². The van der Waals surface area contributed by atoms with Gasteiger partial charge in [0.1, 0.15) is 6.29 Å². The number of carbonyl (C=O) groups is 2. The van der Waals surface area contributed by atoms with Gasteiger partial charge in [0, 0.05) is 38.7 Å². The maximum Gasteiger partial charge on any atom is 0.327 e. The minimum atomic E-state index is -2.62. The van der Waals surface area contributed by atoms with E-state index in [1.807, 2.05) is 27.7 Å². The fourth-order valence-corrected chi connectivity index (χ4v) is 4.34. The largest absolute Gasteiger partial charge is 0.370 e. The fraction of sp³-hybridized carbons (Fsp3) is 0.529. The van der Waals surface area contributed by atoms with Gasteiger partial charge in [0.15, 0.2) is 0 Å². The molecule has 0 aromatic heterocycles. The average molecular weight is 719 g/mol. The Morgan fingerprint density at radius 1 is 0.894 bits per heavy atom. The molecule has 2 aromatic carbocycles. The number of benzene rings is 2. The Balaban J connectivity index is -0.000000605. The van der Waals surface area contributed by atoms with E-state index in [1.165, 1.54) is 35.2 Å². The number of fused-ring (bicyclic) bond motifs is 2. The molecule has 6 N–H and O–H groups in total. The molecule has 270 valence electrons. The van der Waals surface area contributed by atoms with Gasteiger partial charge in [-0.3, -0.25) is 4.79 Å². The standard InChI is InChI=1S/C16H15N.C10H20NO5P.C4H10S.2C2H6.H3O3P/c1-17-12-15-8-3-2-6-13(15)10-11-14-7-4-5-9-16(14)17;12-8-5-6-10(13)11-7-3-1-2-4-9-16-17(14)15;1-2-3-4-5;2*1-2;1-4(2)3/h2-11H,12H2,1H3;8,14-15H,1-7,9H2,(H,11,13);5H,2-4H2,1H3;2*1-2H3;1-3H/b11-10-;;;;;. The number of nitrogens with zero attached hydrogens (tertiary/aromatic N) is 1. The van der Waals surface area contributed by atoms with Crippen LogP contribution in [0.4, 0.5) is 5.69 Å². The van der Waals surface area contributed by atoms with Gasteiger partial charge in [0.2, 0.25) is 5.91 Å². The summed E-state index contributed by atoms with van der Waals surface area (Å²) in [5, 5.41) is 2.72. The molecule has 2 aromatic rings. The second-order valence-corrected chi connectivity index (χ2v) is 11.1. The third-order valence-electron chi connectivity index (χ3n) is 5.85. The number of para-hydroxylation sites is 1. The number of hydrogen-bond acceptors (Lipinski definition) is 10. The zero-order valence-electron chi connectivity index (χ0n) is 29.1. The molecule has 13 heteroatoms. The monoisotopic (exact) mass is 718 g/mol. The van der Waals surface area contributed by atoms with Crippen molar-refractivity contribution in [2.75, 3.05) is 30.9 Å². The second kappa shape index (κ2) is 36.9. The van der Waals surface area contributed by atoms with Crippen LogP contribution in [-0.2, 0) is 20.7 Å². The third kappa shape index (κ3) is 31.1. The maximum absolute atomic E-state index is 11.1. The highest BCUT2D eigenvalue weighted by Gasteiger charge is 2.10. The second-order valence-electron chi connectivity index (χ2n) is 9.35. The van der Waals surface area contributed by atoms with E-state index in [1.54, 1.807) is 0 Å². The van der Waals surface area contributed by atoms with Crippen LogP contribution in [0.3, 0.4) is 0 Å². The molecular weight excluding hydrogens is 658 g/mol. The lowest BCUT2D eigenvalue weighted by Crippen LogP contribution is -2.24. The molecule has 1 aliphatic rings. The van der Waals surface area contributed by atoms with Gasteiger partial charge in [0.05, 0.1) is 6.61 Å². The van der Waals surface area contributed by atoms with Crippen molar-refractivity contribution in [2.24, 2.45) is 0 Å². The number of rotatable bonds is 13. The molecule has 0 saturated carbocycles. The quantitative estimate of drug-likeness (QED) is 0.0478. The average Bonchev–Trinajstić information content (AvgIpc) is 3.06. The Labute approximate surface area is 291 Å². The van der Waals surface area contributed by atoms with Crippen LogP contribution in [0.15, 0.2) is 48.5 Å². The van der Waals surface area contributed by atoms with E-state index in [4.69, 9.17) is 24.5 Å². The number of unbranched alkanes of at least 4 members (excludes halogenated alkanes) is 4. The Bertz CT molecular complexity index is 1030. The van der Waals surface area contributed by atoms with Crippen molar-refractivity contribution in [3.8, 4) is 0 Å². The first-order valence-electron chi connectivity index (χ1n) is 16.2. The Kier molecular flexibility index (Phi) is 38.9. The van der Waals surface area contributed by atoms with Crippen molar-refractivity contribution in [1.82, 2.24) is 5.32 Å². The zero-order chi connectivity index (χ0) is 36.3. The number of amides is 1. The smallest absolute Gasteiger partial charge is 0.327 e. The summed E-state index contributed by atoms with van der Waals surface area (Å²) in [6.45, 7) is 12.1. The molecule has 0 radical (unpaired) electrons. The molecule has 0 bridgehead atoms. The van der Waals surface area contributed by atoms with Crippen LogP contribution in [0.1, 0.15) is 103 Å². The van der Waals surface area contributed by atoms with Gasteiger partial charge in [0.25, 0.3) is 0 Å². The number of anilines is 1. The van der Waals surface area contributed by atoms with E-state index in [0.29, 0.717) is 13.2 Å². The lowest BCUT2D eigenvalue weighted by Gasteiger charge is -2.24. The van der Waals surface area contributed by atoms with Gasteiger partial charge >= 0.3 is 17.2 Å². The van der Waals surface area contributed by atoms with Gasteiger partial charge in [-0.2, -0.15) is 12.6 Å². The molecule has 0 aliphatic carbocycles. The number of carbonyl (C=O) groups excluding carboxylic acids is 2. The van der Waals surface area contributed by atoms with E-state index in [-0.39, 0.29) is 18.7 Å². The van der Waals surface area contributed by atoms with Gasteiger partial charge < -0.3 is 44.0 Å². The van der Waals surface area contributed by atoms with E-state index >= 15 is 0 Å². The van der Waals surface area contributed by atoms with Gasteiger partial charge in [-0.25, -0.2) is 0 Å². The van der Waals surface area contributed by atoms with Crippen molar-refractivity contribution in [1.29, 1.82) is 0 Å². The number of thiol groups is 1. The van der Waals surface area contributed by atoms with Crippen LogP contribution in [0.5, 0.6) is 0 Å². The normalized spacial score (nSPS) is 11.3. The van der Waals surface area contributed by atoms with Crippen molar-refractivity contribution in [2.45, 2.75) is 92.5 Å². The van der Waals surface area contributed by atoms with Crippen LogP contribution >= 0.6 is 29.8 Å². The summed E-state index contributed by atoms with van der Waals surface area (Å²) in [5.41, 5.74) is 5.26. The Morgan fingerprint density at radius 3 is 2.00 bits per heavy atom. The van der Waals surface area contributed by atoms with Gasteiger partial charge in [-0.05, 0) is 47.8 Å². The number of hydrogen-bond donors (Lipinski definition) is 7. The highest BCUT2D eigenvalue weighted by atomic mass is 32.1. The molecule has 10 nitrogen and oxygen atoms in total. The van der Waals surface area contributed by atoms with E-state index in [0.717, 1.165) is 44.3 Å². The summed E-state index contributed by atoms with van der Waals surface area (Å²) in [7, 11) is -2.70. The molecule has 0 saturated heterocycles. The molecule has 0 fully saturated rings. The first-order chi connectivity index (χ1) is 22.7. The number of aldehydes is 1. The SMILES string of the molecule is CC.CC.CCCCS.CN1Cc2ccccc2/C=C\c2ccccc21.O=CCCC(=O)NCCCCCCOP(O)O.OP(O)O. The summed E-state index contributed by atoms with van der Waals surface area (Å²) in [6, 6.07) is 17.1. The molecular formula is C34H60N2O8P2S. The molecule has 1 amide bonds.